The lowest BCUT2D eigenvalue weighted by molar-refractivity contribution is -0.123. The van der Waals surface area contributed by atoms with Gasteiger partial charge in [0.05, 0.1) is 23.9 Å². The molecule has 4 atom stereocenters. The van der Waals surface area contributed by atoms with Crippen molar-refractivity contribution in [2.75, 3.05) is 19.6 Å². The molecule has 1 amide bonds. The lowest BCUT2D eigenvalue weighted by Crippen LogP contribution is -2.42. The Balaban J connectivity index is 1.23. The second-order valence-electron chi connectivity index (χ2n) is 10.8. The summed E-state index contributed by atoms with van der Waals surface area (Å²) in [6, 6.07) is 2.01. The fourth-order valence-corrected chi connectivity index (χ4v) is 6.56. The van der Waals surface area contributed by atoms with Crippen LogP contribution < -0.4 is 5.32 Å². The smallest absolute Gasteiger partial charge is 0.224 e. The van der Waals surface area contributed by atoms with E-state index < -0.39 is 0 Å². The summed E-state index contributed by atoms with van der Waals surface area (Å²) < 4.78 is 11.9. The van der Waals surface area contributed by atoms with Crippen LogP contribution in [0.3, 0.4) is 0 Å². The standard InChI is InChI=1S/C22H33N3O3/c1-13-8-14(28-24-13)10-25-11-16-15(17-6-7-22(16,12-25)27-17)9-23-19(26)18-20(2,3)21(18,4)5/h8,15-18H,6-7,9-12H2,1-5H3,(H,23,26)/t15-,16+,17+,22+/m0/s1. The third-order valence-electron chi connectivity index (χ3n) is 8.71. The van der Waals surface area contributed by atoms with Gasteiger partial charge in [0.15, 0.2) is 5.76 Å². The normalized spacial score (nSPS) is 38.0. The van der Waals surface area contributed by atoms with Gasteiger partial charge in [-0.1, -0.05) is 32.9 Å². The summed E-state index contributed by atoms with van der Waals surface area (Å²) in [6.45, 7) is 14.3. The first-order valence-electron chi connectivity index (χ1n) is 10.7. The van der Waals surface area contributed by atoms with Crippen molar-refractivity contribution in [3.63, 3.8) is 0 Å². The Morgan fingerprint density at radius 2 is 2.07 bits per heavy atom. The van der Waals surface area contributed by atoms with Gasteiger partial charge in [0.25, 0.3) is 0 Å². The van der Waals surface area contributed by atoms with Gasteiger partial charge in [-0.15, -0.1) is 0 Å². The van der Waals surface area contributed by atoms with Crippen molar-refractivity contribution in [3.05, 3.63) is 17.5 Å². The van der Waals surface area contributed by atoms with E-state index in [1.807, 2.05) is 13.0 Å². The Hall–Kier alpha value is -1.40. The number of rotatable bonds is 5. The molecule has 1 spiro atoms. The molecule has 6 nitrogen and oxygen atoms in total. The highest BCUT2D eigenvalue weighted by Crippen LogP contribution is 2.68. The van der Waals surface area contributed by atoms with Crippen molar-refractivity contribution >= 4 is 5.91 Å². The summed E-state index contributed by atoms with van der Waals surface area (Å²) in [6.07, 6.45) is 2.56. The topological polar surface area (TPSA) is 67.6 Å². The number of carbonyl (C=O) groups excluding carboxylic acids is 1. The molecule has 0 aromatic carbocycles. The van der Waals surface area contributed by atoms with Crippen LogP contribution in [0.4, 0.5) is 0 Å². The van der Waals surface area contributed by atoms with Gasteiger partial charge in [-0.05, 0) is 30.6 Å². The molecular formula is C22H33N3O3. The molecule has 5 rings (SSSR count). The van der Waals surface area contributed by atoms with Gasteiger partial charge >= 0.3 is 0 Å². The van der Waals surface area contributed by atoms with Gasteiger partial charge < -0.3 is 14.6 Å². The van der Waals surface area contributed by atoms with Crippen LogP contribution in [0, 0.1) is 35.5 Å². The van der Waals surface area contributed by atoms with Crippen LogP contribution >= 0.6 is 0 Å². The van der Waals surface area contributed by atoms with Crippen molar-refractivity contribution in [1.82, 2.24) is 15.4 Å². The van der Waals surface area contributed by atoms with Crippen LogP contribution in [-0.2, 0) is 16.1 Å². The quantitative estimate of drug-likeness (QED) is 0.841. The van der Waals surface area contributed by atoms with E-state index in [-0.39, 0.29) is 28.3 Å². The Labute approximate surface area is 167 Å². The largest absolute Gasteiger partial charge is 0.370 e. The second-order valence-corrected chi connectivity index (χ2v) is 10.8. The molecule has 6 heteroatoms. The van der Waals surface area contributed by atoms with E-state index in [2.05, 4.69) is 43.1 Å². The SMILES string of the molecule is Cc1cc(CN2C[C@@H]3[C@H](CNC(=O)C4C(C)(C)C4(C)C)[C@H]4CC[C@]3(C2)O4)on1. The third-order valence-corrected chi connectivity index (χ3v) is 8.71. The van der Waals surface area contributed by atoms with Gasteiger partial charge in [0, 0.05) is 43.5 Å². The number of nitrogens with zero attached hydrogens (tertiary/aromatic N) is 2. The predicted octanol–water partition coefficient (Wildman–Crippen LogP) is 2.76. The fourth-order valence-electron chi connectivity index (χ4n) is 6.56. The van der Waals surface area contributed by atoms with E-state index in [1.165, 1.54) is 0 Å². The molecule has 1 N–H and O–H groups in total. The number of nitrogens with one attached hydrogen (secondary N) is 1. The average Bonchev–Trinajstić information content (AvgIpc) is 3.19. The van der Waals surface area contributed by atoms with Crippen molar-refractivity contribution in [2.45, 2.75) is 65.7 Å². The molecule has 1 aliphatic carbocycles. The lowest BCUT2D eigenvalue weighted by atomic mass is 9.73. The number of carbonyl (C=O) groups is 1. The van der Waals surface area contributed by atoms with E-state index in [0.717, 1.165) is 50.5 Å². The maximum Gasteiger partial charge on any atom is 0.224 e. The number of hydrogen-bond donors (Lipinski definition) is 1. The predicted molar refractivity (Wildman–Crippen MR) is 104 cm³/mol. The van der Waals surface area contributed by atoms with Gasteiger partial charge in [-0.25, -0.2) is 0 Å². The molecule has 1 aromatic heterocycles. The molecule has 154 valence electrons. The number of hydrogen-bond acceptors (Lipinski definition) is 5. The molecule has 0 radical (unpaired) electrons. The lowest BCUT2D eigenvalue weighted by Gasteiger charge is -2.29. The first kappa shape index (κ1) is 18.6. The minimum Gasteiger partial charge on any atom is -0.370 e. The maximum atomic E-state index is 12.8. The van der Waals surface area contributed by atoms with Crippen LogP contribution in [0.5, 0.6) is 0 Å². The van der Waals surface area contributed by atoms with E-state index in [4.69, 9.17) is 9.26 Å². The first-order chi connectivity index (χ1) is 13.1. The summed E-state index contributed by atoms with van der Waals surface area (Å²) in [5, 5.41) is 7.30. The molecule has 4 heterocycles. The summed E-state index contributed by atoms with van der Waals surface area (Å²) in [5.41, 5.74) is 1.08. The molecule has 1 aromatic rings. The van der Waals surface area contributed by atoms with Gasteiger partial charge in [-0.2, -0.15) is 0 Å². The summed E-state index contributed by atoms with van der Waals surface area (Å²) >= 11 is 0. The monoisotopic (exact) mass is 387 g/mol. The molecule has 1 saturated carbocycles. The molecule has 4 fully saturated rings. The van der Waals surface area contributed by atoms with Gasteiger partial charge in [0.1, 0.15) is 0 Å². The number of likely N-dealkylation sites (tertiary alicyclic amines) is 1. The van der Waals surface area contributed by atoms with Crippen LogP contribution in [0.25, 0.3) is 0 Å². The van der Waals surface area contributed by atoms with Crippen molar-refractivity contribution < 1.29 is 14.1 Å². The van der Waals surface area contributed by atoms with E-state index in [1.54, 1.807) is 0 Å². The highest BCUT2D eigenvalue weighted by Gasteiger charge is 2.68. The Bertz CT molecular complexity index is 787. The van der Waals surface area contributed by atoms with Crippen LogP contribution in [0.1, 0.15) is 52.0 Å². The Kier molecular flexibility index (Phi) is 3.87. The van der Waals surface area contributed by atoms with Crippen molar-refractivity contribution in [1.29, 1.82) is 0 Å². The van der Waals surface area contributed by atoms with Crippen LogP contribution in [0.2, 0.25) is 0 Å². The summed E-state index contributed by atoms with van der Waals surface area (Å²) in [5.74, 6) is 2.17. The van der Waals surface area contributed by atoms with Gasteiger partial charge in [-0.3, -0.25) is 9.69 Å². The van der Waals surface area contributed by atoms with Crippen LogP contribution in [-0.4, -0.2) is 47.3 Å². The Morgan fingerprint density at radius 3 is 2.71 bits per heavy atom. The zero-order valence-electron chi connectivity index (χ0n) is 17.7. The summed E-state index contributed by atoms with van der Waals surface area (Å²) in [7, 11) is 0. The third kappa shape index (κ3) is 2.53. The highest BCUT2D eigenvalue weighted by molar-refractivity contribution is 5.84. The zero-order chi connectivity index (χ0) is 19.9. The number of aromatic nitrogens is 1. The molecular weight excluding hydrogens is 354 g/mol. The number of ether oxygens (including phenoxy) is 1. The number of aryl methyl sites for hydroxylation is 1. The van der Waals surface area contributed by atoms with E-state index in [9.17, 15) is 4.79 Å². The molecule has 3 saturated heterocycles. The average molecular weight is 388 g/mol. The first-order valence-corrected chi connectivity index (χ1v) is 10.7. The molecule has 28 heavy (non-hydrogen) atoms. The maximum absolute atomic E-state index is 12.8. The number of fused-ring (bicyclic) bond motifs is 1. The molecule has 2 bridgehead atoms. The minimum atomic E-state index is -0.0206. The second kappa shape index (κ2) is 5.82. The molecule has 3 aliphatic heterocycles. The highest BCUT2D eigenvalue weighted by atomic mass is 16.5. The molecule has 0 unspecified atom stereocenters. The van der Waals surface area contributed by atoms with Crippen molar-refractivity contribution in [3.8, 4) is 0 Å². The van der Waals surface area contributed by atoms with Crippen LogP contribution in [0.15, 0.2) is 10.6 Å². The fraction of sp³-hybridized carbons (Fsp3) is 0.818. The van der Waals surface area contributed by atoms with Crippen molar-refractivity contribution in [2.24, 2.45) is 28.6 Å². The van der Waals surface area contributed by atoms with E-state index >= 15 is 0 Å². The number of amides is 1. The summed E-state index contributed by atoms with van der Waals surface area (Å²) in [4.78, 5) is 15.3. The molecule has 4 aliphatic rings. The Morgan fingerprint density at radius 1 is 1.32 bits per heavy atom. The zero-order valence-corrected chi connectivity index (χ0v) is 17.7. The van der Waals surface area contributed by atoms with Gasteiger partial charge in [0.2, 0.25) is 5.91 Å². The minimum absolute atomic E-state index is 0.0206. The van der Waals surface area contributed by atoms with E-state index in [0.29, 0.717) is 17.9 Å².